The first kappa shape index (κ1) is 19.7. The van der Waals surface area contributed by atoms with Crippen molar-refractivity contribution in [3.8, 4) is 6.07 Å². The van der Waals surface area contributed by atoms with E-state index in [1.807, 2.05) is 11.2 Å². The minimum atomic E-state index is -0.621. The van der Waals surface area contributed by atoms with Gasteiger partial charge in [-0.05, 0) is 50.8 Å². The number of ether oxygens (including phenoxy) is 1. The molecule has 6 nitrogen and oxygen atoms in total. The van der Waals surface area contributed by atoms with Crippen LogP contribution >= 0.6 is 11.8 Å². The smallest absolute Gasteiger partial charge is 0.340 e. The fourth-order valence-corrected chi connectivity index (χ4v) is 4.14. The fraction of sp³-hybridized carbons (Fsp3) is 0.600. The second kappa shape index (κ2) is 8.75. The Bertz CT molecular complexity index is 770. The van der Waals surface area contributed by atoms with E-state index in [4.69, 9.17) is 4.74 Å². The van der Waals surface area contributed by atoms with Gasteiger partial charge in [0, 0.05) is 24.2 Å². The molecule has 1 aliphatic carbocycles. The Morgan fingerprint density at radius 3 is 2.78 bits per heavy atom. The van der Waals surface area contributed by atoms with Crippen molar-refractivity contribution in [1.82, 2.24) is 9.88 Å². The van der Waals surface area contributed by atoms with Crippen molar-refractivity contribution in [3.05, 3.63) is 22.9 Å². The van der Waals surface area contributed by atoms with Crippen molar-refractivity contribution in [2.24, 2.45) is 0 Å². The van der Waals surface area contributed by atoms with Crippen molar-refractivity contribution in [1.29, 1.82) is 5.26 Å². The molecule has 3 rings (SSSR count). The molecule has 1 saturated heterocycles. The van der Waals surface area contributed by atoms with E-state index < -0.39 is 5.97 Å². The number of aromatic nitrogens is 1. The van der Waals surface area contributed by atoms with Crippen molar-refractivity contribution >= 4 is 23.6 Å². The molecule has 7 heteroatoms. The van der Waals surface area contributed by atoms with Gasteiger partial charge in [0.1, 0.15) is 11.1 Å². The Labute approximate surface area is 164 Å². The summed E-state index contributed by atoms with van der Waals surface area (Å²) in [6.07, 6.45) is 7.96. The number of hydrogen-bond acceptors (Lipinski definition) is 6. The van der Waals surface area contributed by atoms with Gasteiger partial charge in [0.15, 0.2) is 6.61 Å². The quantitative estimate of drug-likeness (QED) is 0.549. The Kier molecular flexibility index (Phi) is 6.38. The van der Waals surface area contributed by atoms with E-state index in [1.165, 1.54) is 11.8 Å². The maximum atomic E-state index is 12.6. The molecule has 0 spiro atoms. The second-order valence-electron chi connectivity index (χ2n) is 7.09. The third-order valence-corrected chi connectivity index (χ3v) is 5.95. The van der Waals surface area contributed by atoms with Crippen LogP contribution in [0.1, 0.15) is 73.0 Å². The lowest BCUT2D eigenvalue weighted by Crippen LogP contribution is -2.45. The van der Waals surface area contributed by atoms with Gasteiger partial charge in [0.2, 0.25) is 0 Å². The largest absolute Gasteiger partial charge is 0.452 e. The summed E-state index contributed by atoms with van der Waals surface area (Å²) >= 11 is 1.34. The van der Waals surface area contributed by atoms with E-state index in [0.717, 1.165) is 50.8 Å². The number of thioether (sulfide) groups is 1. The number of nitriles is 1. The highest BCUT2D eigenvalue weighted by Gasteiger charge is 2.30. The molecule has 0 bridgehead atoms. The van der Waals surface area contributed by atoms with E-state index in [-0.39, 0.29) is 29.7 Å². The van der Waals surface area contributed by atoms with E-state index >= 15 is 0 Å². The van der Waals surface area contributed by atoms with Crippen molar-refractivity contribution in [2.45, 2.75) is 62.4 Å². The van der Waals surface area contributed by atoms with Crippen molar-refractivity contribution < 1.29 is 14.3 Å². The molecule has 1 unspecified atom stereocenters. The zero-order valence-corrected chi connectivity index (χ0v) is 16.7. The lowest BCUT2D eigenvalue weighted by Gasteiger charge is -2.35. The lowest BCUT2D eigenvalue weighted by molar-refractivity contribution is -0.138. The number of carbonyl (C=O) groups is 2. The van der Waals surface area contributed by atoms with E-state index in [1.54, 1.807) is 6.07 Å². The number of rotatable bonds is 6. The summed E-state index contributed by atoms with van der Waals surface area (Å²) in [5.74, 6) is -0.421. The third-order valence-electron chi connectivity index (χ3n) is 5.27. The Morgan fingerprint density at radius 2 is 2.15 bits per heavy atom. The number of esters is 1. The molecule has 1 aromatic rings. The number of carbonyl (C=O) groups excluding carboxylic acids is 2. The van der Waals surface area contributed by atoms with Gasteiger partial charge in [-0.1, -0.05) is 6.92 Å². The molecule has 1 saturated carbocycles. The topological polar surface area (TPSA) is 83.3 Å². The summed E-state index contributed by atoms with van der Waals surface area (Å²) in [7, 11) is 0. The minimum absolute atomic E-state index is 0.157. The van der Waals surface area contributed by atoms with E-state index in [0.29, 0.717) is 10.9 Å². The molecular weight excluding hydrogens is 362 g/mol. The van der Waals surface area contributed by atoms with Crippen LogP contribution in [0.5, 0.6) is 0 Å². The highest BCUT2D eigenvalue weighted by atomic mass is 32.2. The summed E-state index contributed by atoms with van der Waals surface area (Å²) in [6, 6.07) is 3.96. The molecule has 0 N–H and O–H groups in total. The van der Waals surface area contributed by atoms with Gasteiger partial charge >= 0.3 is 5.97 Å². The van der Waals surface area contributed by atoms with Gasteiger partial charge in [-0.15, -0.1) is 11.8 Å². The Morgan fingerprint density at radius 1 is 1.37 bits per heavy atom. The predicted octanol–water partition coefficient (Wildman–Crippen LogP) is 3.50. The van der Waals surface area contributed by atoms with Crippen LogP contribution in [0.2, 0.25) is 0 Å². The number of nitrogens with zero attached hydrogens (tertiary/aromatic N) is 3. The van der Waals surface area contributed by atoms with Crippen molar-refractivity contribution in [3.63, 3.8) is 0 Å². The van der Waals surface area contributed by atoms with Gasteiger partial charge in [-0.3, -0.25) is 4.79 Å². The first-order valence-corrected chi connectivity index (χ1v) is 10.8. The fourth-order valence-electron chi connectivity index (χ4n) is 3.59. The molecular formula is C20H25N3O3S. The predicted molar refractivity (Wildman–Crippen MR) is 103 cm³/mol. The number of piperidine rings is 1. The number of likely N-dealkylation sites (tertiary alicyclic amines) is 1. The first-order chi connectivity index (χ1) is 13.1. The SMILES string of the molecule is CCC1CCCCN1C(=O)COC(=O)c1cc(C2CC2)nc(SC)c1C#N. The number of amides is 1. The van der Waals surface area contributed by atoms with Gasteiger partial charge in [0.05, 0.1) is 11.1 Å². The lowest BCUT2D eigenvalue weighted by atomic mass is 10.00. The maximum Gasteiger partial charge on any atom is 0.340 e. The molecule has 27 heavy (non-hydrogen) atoms. The molecule has 2 heterocycles. The molecule has 1 aromatic heterocycles. The Balaban J connectivity index is 1.73. The monoisotopic (exact) mass is 387 g/mol. The van der Waals surface area contributed by atoms with Crippen LogP contribution < -0.4 is 0 Å². The van der Waals surface area contributed by atoms with Crippen LogP contribution in [0.4, 0.5) is 0 Å². The molecule has 144 valence electrons. The Hall–Kier alpha value is -2.07. The highest BCUT2D eigenvalue weighted by Crippen LogP contribution is 2.40. The van der Waals surface area contributed by atoms with Crippen LogP contribution in [0.15, 0.2) is 11.1 Å². The van der Waals surface area contributed by atoms with Gasteiger partial charge < -0.3 is 9.64 Å². The normalized spacial score (nSPS) is 19.4. The summed E-state index contributed by atoms with van der Waals surface area (Å²) in [5, 5.41) is 10.0. The minimum Gasteiger partial charge on any atom is -0.452 e. The first-order valence-electron chi connectivity index (χ1n) is 9.54. The standard InChI is InChI=1S/C20H25N3O3S/c1-3-14-6-4-5-9-23(14)18(24)12-26-20(25)15-10-17(13-7-8-13)22-19(27-2)16(15)11-21/h10,13-14H,3-9,12H2,1-2H3. The number of pyridine rings is 1. The average molecular weight is 388 g/mol. The summed E-state index contributed by atoms with van der Waals surface area (Å²) in [6.45, 7) is 2.51. The van der Waals surface area contributed by atoms with Crippen molar-refractivity contribution in [2.75, 3.05) is 19.4 Å². The van der Waals surface area contributed by atoms with E-state index in [9.17, 15) is 14.9 Å². The van der Waals surface area contributed by atoms with Crippen LogP contribution in [0.25, 0.3) is 0 Å². The van der Waals surface area contributed by atoms with Gasteiger partial charge in [-0.2, -0.15) is 5.26 Å². The van der Waals surface area contributed by atoms with Gasteiger partial charge in [-0.25, -0.2) is 9.78 Å². The summed E-state index contributed by atoms with van der Waals surface area (Å²) < 4.78 is 5.31. The van der Waals surface area contributed by atoms with Crippen LogP contribution in [-0.2, 0) is 9.53 Å². The van der Waals surface area contributed by atoms with E-state index in [2.05, 4.69) is 18.0 Å². The zero-order chi connectivity index (χ0) is 19.4. The third kappa shape index (κ3) is 4.44. The number of hydrogen-bond donors (Lipinski definition) is 0. The second-order valence-corrected chi connectivity index (χ2v) is 7.88. The summed E-state index contributed by atoms with van der Waals surface area (Å²) in [5.41, 5.74) is 1.28. The van der Waals surface area contributed by atoms with Crippen LogP contribution in [0.3, 0.4) is 0 Å². The molecule has 0 radical (unpaired) electrons. The van der Waals surface area contributed by atoms with Crippen LogP contribution in [-0.4, -0.2) is 47.2 Å². The highest BCUT2D eigenvalue weighted by molar-refractivity contribution is 7.98. The zero-order valence-electron chi connectivity index (χ0n) is 15.9. The average Bonchev–Trinajstić information content (AvgIpc) is 3.55. The molecule has 2 fully saturated rings. The molecule has 2 aliphatic rings. The molecule has 1 aliphatic heterocycles. The van der Waals surface area contributed by atoms with Gasteiger partial charge in [0.25, 0.3) is 5.91 Å². The maximum absolute atomic E-state index is 12.6. The molecule has 0 aromatic carbocycles. The molecule has 1 amide bonds. The molecule has 1 atom stereocenters. The summed E-state index contributed by atoms with van der Waals surface area (Å²) in [4.78, 5) is 31.5. The van der Waals surface area contributed by atoms with Crippen LogP contribution in [0, 0.1) is 11.3 Å².